The molecule has 60 valence electrons. The highest BCUT2D eigenvalue weighted by molar-refractivity contribution is 5.80. The van der Waals surface area contributed by atoms with E-state index in [4.69, 9.17) is 5.73 Å². The van der Waals surface area contributed by atoms with Crippen LogP contribution in [-0.4, -0.2) is 12.4 Å². The number of aliphatic imine (C=N–C) groups is 1. The van der Waals surface area contributed by atoms with Gasteiger partial charge in [0, 0.05) is 13.0 Å². The first kappa shape index (κ1) is 9.47. The molecule has 2 heteroatoms. The van der Waals surface area contributed by atoms with Gasteiger partial charge in [-0.1, -0.05) is 20.8 Å². The van der Waals surface area contributed by atoms with Gasteiger partial charge in [-0.3, -0.25) is 4.99 Å². The van der Waals surface area contributed by atoms with Crippen LogP contribution in [0.2, 0.25) is 0 Å². The standard InChI is InChI=1S/C8H18N2/c1-5-10-7(9)6-8(2,3)4/h5-6H2,1-4H3,(H2,9,10). The van der Waals surface area contributed by atoms with Crippen molar-refractivity contribution in [3.05, 3.63) is 0 Å². The Labute approximate surface area is 63.5 Å². The second-order valence-corrected chi connectivity index (χ2v) is 3.70. The lowest BCUT2D eigenvalue weighted by Gasteiger charge is -2.16. The monoisotopic (exact) mass is 142 g/mol. The summed E-state index contributed by atoms with van der Waals surface area (Å²) in [6.45, 7) is 9.26. The van der Waals surface area contributed by atoms with Gasteiger partial charge < -0.3 is 5.73 Å². The van der Waals surface area contributed by atoms with Crippen molar-refractivity contribution in [1.82, 2.24) is 0 Å². The minimum atomic E-state index is 0.267. The molecule has 0 heterocycles. The molecule has 0 aromatic heterocycles. The van der Waals surface area contributed by atoms with E-state index in [2.05, 4.69) is 25.8 Å². The first-order valence-corrected chi connectivity index (χ1v) is 3.74. The van der Waals surface area contributed by atoms with E-state index in [0.29, 0.717) is 0 Å². The van der Waals surface area contributed by atoms with Crippen LogP contribution < -0.4 is 5.73 Å². The largest absolute Gasteiger partial charge is 0.387 e. The number of nitrogens with two attached hydrogens (primary N) is 1. The molecule has 0 rings (SSSR count). The van der Waals surface area contributed by atoms with Gasteiger partial charge in [-0.2, -0.15) is 0 Å². The minimum Gasteiger partial charge on any atom is -0.387 e. The number of hydrogen-bond donors (Lipinski definition) is 1. The molecule has 0 unspecified atom stereocenters. The molecule has 0 aromatic rings. The van der Waals surface area contributed by atoms with E-state index in [1.165, 1.54) is 0 Å². The van der Waals surface area contributed by atoms with Gasteiger partial charge in [-0.25, -0.2) is 0 Å². The van der Waals surface area contributed by atoms with Gasteiger partial charge in [0.25, 0.3) is 0 Å². The molecule has 0 spiro atoms. The predicted molar refractivity (Wildman–Crippen MR) is 46.2 cm³/mol. The average molecular weight is 142 g/mol. The van der Waals surface area contributed by atoms with E-state index < -0.39 is 0 Å². The van der Waals surface area contributed by atoms with E-state index in [9.17, 15) is 0 Å². The zero-order valence-corrected chi connectivity index (χ0v) is 7.44. The maximum Gasteiger partial charge on any atom is 0.0942 e. The summed E-state index contributed by atoms with van der Waals surface area (Å²) >= 11 is 0. The summed E-state index contributed by atoms with van der Waals surface area (Å²) in [7, 11) is 0. The van der Waals surface area contributed by atoms with E-state index in [0.717, 1.165) is 18.8 Å². The molecule has 0 aliphatic carbocycles. The lowest BCUT2D eigenvalue weighted by Crippen LogP contribution is -2.20. The Bertz CT molecular complexity index is 120. The average Bonchev–Trinajstić information content (AvgIpc) is 1.59. The van der Waals surface area contributed by atoms with Crippen molar-refractivity contribution < 1.29 is 0 Å². The Morgan fingerprint density at radius 1 is 1.40 bits per heavy atom. The summed E-state index contributed by atoms with van der Waals surface area (Å²) in [6, 6.07) is 0. The molecular weight excluding hydrogens is 124 g/mol. The van der Waals surface area contributed by atoms with Crippen molar-refractivity contribution in [1.29, 1.82) is 0 Å². The molecule has 0 aromatic carbocycles. The van der Waals surface area contributed by atoms with Crippen LogP contribution >= 0.6 is 0 Å². The maximum absolute atomic E-state index is 5.62. The molecule has 2 nitrogen and oxygen atoms in total. The van der Waals surface area contributed by atoms with Crippen molar-refractivity contribution in [2.45, 2.75) is 34.1 Å². The Balaban J connectivity index is 3.79. The Kier molecular flexibility index (Phi) is 3.40. The zero-order chi connectivity index (χ0) is 8.20. The van der Waals surface area contributed by atoms with Crippen LogP contribution in [-0.2, 0) is 0 Å². The Hall–Kier alpha value is -0.530. The molecule has 0 aliphatic heterocycles. The highest BCUT2D eigenvalue weighted by Crippen LogP contribution is 2.17. The lowest BCUT2D eigenvalue weighted by molar-refractivity contribution is 0.432. The van der Waals surface area contributed by atoms with Gasteiger partial charge in [0.1, 0.15) is 0 Å². The van der Waals surface area contributed by atoms with Gasteiger partial charge in [-0.05, 0) is 12.3 Å². The van der Waals surface area contributed by atoms with Crippen molar-refractivity contribution in [2.75, 3.05) is 6.54 Å². The first-order valence-electron chi connectivity index (χ1n) is 3.74. The molecule has 0 saturated carbocycles. The number of amidine groups is 1. The molecule has 0 fully saturated rings. The predicted octanol–water partition coefficient (Wildman–Crippen LogP) is 1.80. The highest BCUT2D eigenvalue weighted by Gasteiger charge is 2.11. The van der Waals surface area contributed by atoms with Crippen LogP contribution in [0.5, 0.6) is 0 Å². The zero-order valence-electron chi connectivity index (χ0n) is 7.44. The van der Waals surface area contributed by atoms with Gasteiger partial charge in [0.15, 0.2) is 0 Å². The van der Waals surface area contributed by atoms with Gasteiger partial charge in [0.2, 0.25) is 0 Å². The van der Waals surface area contributed by atoms with Crippen LogP contribution in [0.25, 0.3) is 0 Å². The second-order valence-electron chi connectivity index (χ2n) is 3.70. The van der Waals surface area contributed by atoms with Crippen molar-refractivity contribution in [3.63, 3.8) is 0 Å². The van der Waals surface area contributed by atoms with Crippen LogP contribution in [0.3, 0.4) is 0 Å². The summed E-state index contributed by atoms with van der Waals surface area (Å²) < 4.78 is 0. The highest BCUT2D eigenvalue weighted by atomic mass is 14.8. The fourth-order valence-electron chi connectivity index (χ4n) is 0.802. The maximum atomic E-state index is 5.62. The van der Waals surface area contributed by atoms with Crippen LogP contribution in [0, 0.1) is 5.41 Å². The van der Waals surface area contributed by atoms with E-state index in [1.807, 2.05) is 6.92 Å². The smallest absolute Gasteiger partial charge is 0.0942 e. The summed E-state index contributed by atoms with van der Waals surface area (Å²) in [5.74, 6) is 0.773. The second kappa shape index (κ2) is 3.59. The van der Waals surface area contributed by atoms with Crippen LogP contribution in [0.15, 0.2) is 4.99 Å². The summed E-state index contributed by atoms with van der Waals surface area (Å²) in [5, 5.41) is 0. The van der Waals surface area contributed by atoms with E-state index >= 15 is 0 Å². The summed E-state index contributed by atoms with van der Waals surface area (Å²) in [4.78, 5) is 4.10. The third-order valence-corrected chi connectivity index (χ3v) is 1.07. The molecule has 0 bridgehead atoms. The molecule has 0 aliphatic rings. The number of hydrogen-bond acceptors (Lipinski definition) is 1. The number of rotatable bonds is 2. The topological polar surface area (TPSA) is 38.4 Å². The third-order valence-electron chi connectivity index (χ3n) is 1.07. The van der Waals surface area contributed by atoms with E-state index in [-0.39, 0.29) is 5.41 Å². The molecule has 0 amide bonds. The van der Waals surface area contributed by atoms with Crippen molar-refractivity contribution >= 4 is 5.84 Å². The fraction of sp³-hybridized carbons (Fsp3) is 0.875. The Morgan fingerprint density at radius 2 is 1.90 bits per heavy atom. The van der Waals surface area contributed by atoms with Crippen LogP contribution in [0.4, 0.5) is 0 Å². The lowest BCUT2D eigenvalue weighted by atomic mass is 9.92. The van der Waals surface area contributed by atoms with Crippen molar-refractivity contribution in [2.24, 2.45) is 16.1 Å². The SMILES string of the molecule is CCN=C(N)CC(C)(C)C. The summed E-state index contributed by atoms with van der Waals surface area (Å²) in [6.07, 6.45) is 0.890. The van der Waals surface area contributed by atoms with Gasteiger partial charge >= 0.3 is 0 Å². The first-order chi connectivity index (χ1) is 4.45. The van der Waals surface area contributed by atoms with Gasteiger partial charge in [0.05, 0.1) is 5.84 Å². The molecule has 2 N–H and O–H groups in total. The van der Waals surface area contributed by atoms with Crippen molar-refractivity contribution in [3.8, 4) is 0 Å². The molecule has 0 atom stereocenters. The quantitative estimate of drug-likeness (QED) is 0.463. The molecule has 0 saturated heterocycles. The van der Waals surface area contributed by atoms with Crippen LogP contribution in [0.1, 0.15) is 34.1 Å². The minimum absolute atomic E-state index is 0.267. The molecule has 0 radical (unpaired) electrons. The molecule has 10 heavy (non-hydrogen) atoms. The Morgan fingerprint density at radius 3 is 2.20 bits per heavy atom. The van der Waals surface area contributed by atoms with E-state index in [1.54, 1.807) is 0 Å². The fourth-order valence-corrected chi connectivity index (χ4v) is 0.802. The normalized spacial score (nSPS) is 13.8. The summed E-state index contributed by atoms with van der Waals surface area (Å²) in [5.41, 5.74) is 5.89. The third kappa shape index (κ3) is 5.60. The van der Waals surface area contributed by atoms with Gasteiger partial charge in [-0.15, -0.1) is 0 Å². The number of nitrogens with zero attached hydrogens (tertiary/aromatic N) is 1. The molecular formula is C8H18N2.